The lowest BCUT2D eigenvalue weighted by atomic mass is 10.00. The van der Waals surface area contributed by atoms with Crippen LogP contribution in [0.1, 0.15) is 11.1 Å². The molecule has 1 amide bonds. The summed E-state index contributed by atoms with van der Waals surface area (Å²) in [6, 6.07) is 8.84. The average Bonchev–Trinajstić information content (AvgIpc) is 2.67. The van der Waals surface area contributed by atoms with Gasteiger partial charge in [-0.1, -0.05) is 23.7 Å². The number of nitrogens with one attached hydrogen (secondary N) is 2. The van der Waals surface area contributed by atoms with Crippen LogP contribution in [0.3, 0.4) is 0 Å². The van der Waals surface area contributed by atoms with Crippen LogP contribution in [0.4, 0.5) is 17.1 Å². The highest BCUT2D eigenvalue weighted by Crippen LogP contribution is 2.37. The summed E-state index contributed by atoms with van der Waals surface area (Å²) < 4.78 is 5.26. The van der Waals surface area contributed by atoms with Crippen molar-refractivity contribution in [3.05, 3.63) is 56.6 Å². The number of nitro groups is 1. The van der Waals surface area contributed by atoms with E-state index in [0.29, 0.717) is 23.7 Å². The topological polar surface area (TPSA) is 96.7 Å². The fraction of sp³-hybridized carbons (Fsp3) is 0.316. The first-order valence-electron chi connectivity index (χ1n) is 8.99. The summed E-state index contributed by atoms with van der Waals surface area (Å²) in [7, 11) is 0. The standard InChI is InChI=1S/C19H19ClN4O4/c20-14-3-1-2-12-10-23(6-4-13(12)14)7-5-21-15-8-16-18(9-17(15)24(26)27)28-11-19(25)22-16/h1-3,8-9,21H,4-7,10-11H2,(H,22,25). The summed E-state index contributed by atoms with van der Waals surface area (Å²) >= 11 is 6.25. The number of hydrogen-bond acceptors (Lipinski definition) is 6. The highest BCUT2D eigenvalue weighted by molar-refractivity contribution is 6.31. The zero-order valence-electron chi connectivity index (χ0n) is 15.0. The van der Waals surface area contributed by atoms with Crippen LogP contribution in [0, 0.1) is 10.1 Å². The van der Waals surface area contributed by atoms with E-state index in [9.17, 15) is 14.9 Å². The molecule has 0 unspecified atom stereocenters. The van der Waals surface area contributed by atoms with Gasteiger partial charge in [-0.25, -0.2) is 0 Å². The lowest BCUT2D eigenvalue weighted by Crippen LogP contribution is -2.34. The van der Waals surface area contributed by atoms with Gasteiger partial charge in [0.25, 0.3) is 11.6 Å². The molecule has 0 fully saturated rings. The van der Waals surface area contributed by atoms with Crippen LogP contribution < -0.4 is 15.4 Å². The third kappa shape index (κ3) is 3.74. The number of halogens is 1. The number of carbonyl (C=O) groups excluding carboxylic acids is 1. The summed E-state index contributed by atoms with van der Waals surface area (Å²) in [5.41, 5.74) is 3.14. The van der Waals surface area contributed by atoms with E-state index in [1.54, 1.807) is 6.07 Å². The molecule has 0 saturated carbocycles. The Hall–Kier alpha value is -2.84. The van der Waals surface area contributed by atoms with Crippen molar-refractivity contribution < 1.29 is 14.5 Å². The minimum Gasteiger partial charge on any atom is -0.481 e. The molecule has 0 bridgehead atoms. The van der Waals surface area contributed by atoms with E-state index in [2.05, 4.69) is 21.6 Å². The van der Waals surface area contributed by atoms with Crippen molar-refractivity contribution in [1.82, 2.24) is 4.90 Å². The number of hydrogen-bond donors (Lipinski definition) is 2. The van der Waals surface area contributed by atoms with E-state index >= 15 is 0 Å². The maximum absolute atomic E-state index is 11.5. The van der Waals surface area contributed by atoms with Crippen molar-refractivity contribution in [2.24, 2.45) is 0 Å². The average molecular weight is 403 g/mol. The summed E-state index contributed by atoms with van der Waals surface area (Å²) in [6.07, 6.45) is 0.886. The Morgan fingerprint density at radius 1 is 1.36 bits per heavy atom. The summed E-state index contributed by atoms with van der Waals surface area (Å²) in [5.74, 6) is 0.0271. The molecule has 146 valence electrons. The highest BCUT2D eigenvalue weighted by atomic mass is 35.5. The molecular formula is C19H19ClN4O4. The molecule has 2 aliphatic rings. The number of fused-ring (bicyclic) bond motifs is 2. The number of rotatable bonds is 5. The van der Waals surface area contributed by atoms with Gasteiger partial charge in [0.2, 0.25) is 0 Å². The second-order valence-electron chi connectivity index (χ2n) is 6.79. The SMILES string of the molecule is O=C1COc2cc([N+](=O)[O-])c(NCCN3CCc4c(Cl)cccc4C3)cc2N1. The van der Waals surface area contributed by atoms with Gasteiger partial charge in [-0.3, -0.25) is 19.8 Å². The Morgan fingerprint density at radius 3 is 3.04 bits per heavy atom. The number of benzene rings is 2. The number of amides is 1. The van der Waals surface area contributed by atoms with Crippen LogP contribution in [-0.2, 0) is 17.8 Å². The molecule has 8 nitrogen and oxygen atoms in total. The van der Waals surface area contributed by atoms with Crippen LogP contribution in [0.15, 0.2) is 30.3 Å². The molecule has 0 saturated heterocycles. The number of nitro benzene ring substituents is 1. The third-order valence-electron chi connectivity index (χ3n) is 4.96. The predicted octanol–water partition coefficient (Wildman–Crippen LogP) is 3.05. The van der Waals surface area contributed by atoms with Crippen LogP contribution >= 0.6 is 11.6 Å². The highest BCUT2D eigenvalue weighted by Gasteiger charge is 2.24. The maximum atomic E-state index is 11.5. The fourth-order valence-corrected chi connectivity index (χ4v) is 3.86. The molecule has 2 aliphatic heterocycles. The largest absolute Gasteiger partial charge is 0.481 e. The Bertz CT molecular complexity index is 950. The normalized spacial score (nSPS) is 15.8. The second-order valence-corrected chi connectivity index (χ2v) is 7.20. The van der Waals surface area contributed by atoms with Gasteiger partial charge in [0.1, 0.15) is 5.69 Å². The molecule has 2 aromatic carbocycles. The van der Waals surface area contributed by atoms with Gasteiger partial charge < -0.3 is 15.4 Å². The second kappa shape index (κ2) is 7.65. The van der Waals surface area contributed by atoms with Gasteiger partial charge in [0, 0.05) is 31.2 Å². The number of anilines is 2. The van der Waals surface area contributed by atoms with Crippen LogP contribution in [-0.4, -0.2) is 42.0 Å². The van der Waals surface area contributed by atoms with E-state index in [1.807, 2.05) is 12.1 Å². The minimum absolute atomic E-state index is 0.0781. The minimum atomic E-state index is -0.457. The van der Waals surface area contributed by atoms with Gasteiger partial charge in [0.05, 0.1) is 16.7 Å². The molecule has 0 aliphatic carbocycles. The molecule has 4 rings (SSSR count). The molecule has 0 spiro atoms. The van der Waals surface area contributed by atoms with E-state index in [-0.39, 0.29) is 18.2 Å². The van der Waals surface area contributed by atoms with Crippen molar-refractivity contribution in [2.45, 2.75) is 13.0 Å². The molecule has 0 atom stereocenters. The van der Waals surface area contributed by atoms with E-state index in [0.717, 1.165) is 31.1 Å². The van der Waals surface area contributed by atoms with Crippen LogP contribution in [0.5, 0.6) is 5.75 Å². The van der Waals surface area contributed by atoms with Crippen LogP contribution in [0.2, 0.25) is 5.02 Å². The zero-order valence-corrected chi connectivity index (χ0v) is 15.8. The summed E-state index contributed by atoms with van der Waals surface area (Å²) in [4.78, 5) is 24.7. The Balaban J connectivity index is 1.43. The Morgan fingerprint density at radius 2 is 2.21 bits per heavy atom. The Kier molecular flexibility index (Phi) is 5.06. The Labute approximate surface area is 166 Å². The maximum Gasteiger partial charge on any atom is 0.296 e. The van der Waals surface area contributed by atoms with Gasteiger partial charge in [-0.15, -0.1) is 0 Å². The summed E-state index contributed by atoms with van der Waals surface area (Å²) in [6.45, 7) is 2.80. The molecule has 28 heavy (non-hydrogen) atoms. The lowest BCUT2D eigenvalue weighted by Gasteiger charge is -2.29. The number of ether oxygens (including phenoxy) is 1. The van der Waals surface area contributed by atoms with Gasteiger partial charge in [-0.2, -0.15) is 0 Å². The van der Waals surface area contributed by atoms with Crippen LogP contribution in [0.25, 0.3) is 0 Å². The monoisotopic (exact) mass is 402 g/mol. The van der Waals surface area contributed by atoms with Gasteiger partial charge in [0.15, 0.2) is 12.4 Å². The molecule has 9 heteroatoms. The first kappa shape index (κ1) is 18.5. The summed E-state index contributed by atoms with van der Waals surface area (Å²) in [5, 5.41) is 18.0. The van der Waals surface area contributed by atoms with Gasteiger partial charge >= 0.3 is 0 Å². The lowest BCUT2D eigenvalue weighted by molar-refractivity contribution is -0.384. The molecule has 2 heterocycles. The van der Waals surface area contributed by atoms with Crippen molar-refractivity contribution in [3.63, 3.8) is 0 Å². The predicted molar refractivity (Wildman–Crippen MR) is 106 cm³/mol. The zero-order chi connectivity index (χ0) is 19.7. The fourth-order valence-electron chi connectivity index (χ4n) is 3.57. The third-order valence-corrected chi connectivity index (χ3v) is 5.31. The van der Waals surface area contributed by atoms with Crippen molar-refractivity contribution >= 4 is 34.6 Å². The molecule has 0 aromatic heterocycles. The smallest absolute Gasteiger partial charge is 0.296 e. The van der Waals surface area contributed by atoms with E-state index < -0.39 is 4.92 Å². The quantitative estimate of drug-likeness (QED) is 0.589. The number of nitrogens with zero attached hydrogens (tertiary/aromatic N) is 2. The van der Waals surface area contributed by atoms with Gasteiger partial charge in [-0.05, 0) is 29.7 Å². The molecule has 0 radical (unpaired) electrons. The first-order valence-corrected chi connectivity index (χ1v) is 9.36. The molecular weight excluding hydrogens is 384 g/mol. The van der Waals surface area contributed by atoms with E-state index in [4.69, 9.17) is 16.3 Å². The number of carbonyl (C=O) groups is 1. The van der Waals surface area contributed by atoms with E-state index in [1.165, 1.54) is 17.2 Å². The van der Waals surface area contributed by atoms with Crippen molar-refractivity contribution in [1.29, 1.82) is 0 Å². The van der Waals surface area contributed by atoms with Crippen molar-refractivity contribution in [2.75, 3.05) is 36.9 Å². The molecule has 2 N–H and O–H groups in total. The van der Waals surface area contributed by atoms with Crippen molar-refractivity contribution in [3.8, 4) is 5.75 Å². The first-order chi connectivity index (χ1) is 13.5. The molecule has 2 aromatic rings.